The van der Waals surface area contributed by atoms with Crippen molar-refractivity contribution in [1.29, 1.82) is 0 Å². The molecule has 0 aliphatic carbocycles. The minimum atomic E-state index is 1.12. The fourth-order valence-electron chi connectivity index (χ4n) is 9.19. The number of nitrogens with zero attached hydrogens (tertiary/aromatic N) is 2. The Morgan fingerprint density at radius 2 is 0.439 bits per heavy atom. The second-order valence-electron chi connectivity index (χ2n) is 17.2. The summed E-state index contributed by atoms with van der Waals surface area (Å²) >= 11 is 0. The van der Waals surface area contributed by atoms with E-state index in [9.17, 15) is 0 Å². The molecule has 0 saturated carbocycles. The number of hydrogen-bond donors (Lipinski definition) is 0. The molecule has 0 unspecified atom stereocenters. The standard InChI is InChI=1S/C64H52N2/c1-45-15-11-13-21-61(45)65(59-37-31-55(32-38-59)53-27-23-51(24-28-53)49-17-7-5-8-18-49)63-41-35-57(43-47(63)3)58-36-42-64(48(4)44-58)66(62-22-14-12-16-46(62)2)60-39-33-56(34-40-60)54-29-25-52(26-30-54)50-19-9-6-10-20-50/h5-44H,1-4H3. The number of hydrogen-bond acceptors (Lipinski definition) is 2. The molecule has 0 aromatic heterocycles. The maximum Gasteiger partial charge on any atom is 0.0491 e. The molecule has 0 aliphatic rings. The summed E-state index contributed by atoms with van der Waals surface area (Å²) in [6.45, 7) is 8.85. The van der Waals surface area contributed by atoms with E-state index in [1.807, 2.05) is 0 Å². The van der Waals surface area contributed by atoms with Gasteiger partial charge in [-0.2, -0.15) is 0 Å². The van der Waals surface area contributed by atoms with Crippen LogP contribution in [-0.2, 0) is 0 Å². The third kappa shape index (κ3) is 8.57. The van der Waals surface area contributed by atoms with Gasteiger partial charge < -0.3 is 9.80 Å². The van der Waals surface area contributed by atoms with Gasteiger partial charge in [-0.15, -0.1) is 0 Å². The third-order valence-electron chi connectivity index (χ3n) is 12.8. The molecule has 0 aliphatic heterocycles. The van der Waals surface area contributed by atoms with Gasteiger partial charge in [0, 0.05) is 34.1 Å². The van der Waals surface area contributed by atoms with Crippen LogP contribution in [0.25, 0.3) is 55.6 Å². The zero-order chi connectivity index (χ0) is 45.0. The summed E-state index contributed by atoms with van der Waals surface area (Å²) in [6, 6.07) is 87.9. The van der Waals surface area contributed by atoms with Crippen LogP contribution in [0.1, 0.15) is 22.3 Å². The highest BCUT2D eigenvalue weighted by Gasteiger charge is 2.20. The molecular formula is C64H52N2. The fraction of sp³-hybridized carbons (Fsp3) is 0.0625. The molecule has 66 heavy (non-hydrogen) atoms. The molecule has 0 amide bonds. The fourth-order valence-corrected chi connectivity index (χ4v) is 9.19. The number of para-hydroxylation sites is 2. The topological polar surface area (TPSA) is 6.48 Å². The van der Waals surface area contributed by atoms with E-state index in [2.05, 4.69) is 280 Å². The Bertz CT molecular complexity index is 3020. The first-order valence-electron chi connectivity index (χ1n) is 22.8. The zero-order valence-electron chi connectivity index (χ0n) is 38.0. The van der Waals surface area contributed by atoms with Crippen molar-refractivity contribution in [2.24, 2.45) is 0 Å². The highest BCUT2D eigenvalue weighted by atomic mass is 15.2. The van der Waals surface area contributed by atoms with Crippen LogP contribution < -0.4 is 9.80 Å². The molecule has 318 valence electrons. The molecule has 0 spiro atoms. The summed E-state index contributed by atoms with van der Waals surface area (Å²) < 4.78 is 0. The first kappa shape index (κ1) is 41.8. The molecule has 0 bridgehead atoms. The van der Waals surface area contributed by atoms with Gasteiger partial charge in [-0.3, -0.25) is 0 Å². The van der Waals surface area contributed by atoms with E-state index < -0.39 is 0 Å². The molecule has 0 saturated heterocycles. The lowest BCUT2D eigenvalue weighted by atomic mass is 9.97. The Balaban J connectivity index is 0.940. The molecule has 0 heterocycles. The number of rotatable bonds is 11. The predicted molar refractivity (Wildman–Crippen MR) is 282 cm³/mol. The zero-order valence-corrected chi connectivity index (χ0v) is 38.0. The Labute approximate surface area is 390 Å². The van der Waals surface area contributed by atoms with Crippen molar-refractivity contribution in [2.75, 3.05) is 9.80 Å². The second-order valence-corrected chi connectivity index (χ2v) is 17.2. The average Bonchev–Trinajstić information content (AvgIpc) is 3.37. The lowest BCUT2D eigenvalue weighted by molar-refractivity contribution is 1.22. The van der Waals surface area contributed by atoms with Gasteiger partial charge in [0.15, 0.2) is 0 Å². The molecule has 0 atom stereocenters. The smallest absolute Gasteiger partial charge is 0.0491 e. The molecule has 10 rings (SSSR count). The van der Waals surface area contributed by atoms with Gasteiger partial charge >= 0.3 is 0 Å². The first-order chi connectivity index (χ1) is 32.4. The predicted octanol–water partition coefficient (Wildman–Crippen LogP) is 18.2. The van der Waals surface area contributed by atoms with Crippen molar-refractivity contribution >= 4 is 34.1 Å². The van der Waals surface area contributed by atoms with Gasteiger partial charge in [0.05, 0.1) is 0 Å². The summed E-state index contributed by atoms with van der Waals surface area (Å²) in [4.78, 5) is 4.80. The molecule has 0 N–H and O–H groups in total. The summed E-state index contributed by atoms with van der Waals surface area (Å²) in [5.41, 5.74) is 23.8. The minimum absolute atomic E-state index is 1.12. The second kappa shape index (κ2) is 18.5. The maximum absolute atomic E-state index is 2.40. The van der Waals surface area contributed by atoms with Crippen molar-refractivity contribution in [3.05, 3.63) is 265 Å². The van der Waals surface area contributed by atoms with Gasteiger partial charge in [0.1, 0.15) is 0 Å². The largest absolute Gasteiger partial charge is 0.310 e. The Morgan fingerprint density at radius 3 is 0.742 bits per heavy atom. The Kier molecular flexibility index (Phi) is 11.7. The lowest BCUT2D eigenvalue weighted by Crippen LogP contribution is -2.13. The van der Waals surface area contributed by atoms with Crippen LogP contribution in [0.4, 0.5) is 34.1 Å². The highest BCUT2D eigenvalue weighted by molar-refractivity contribution is 5.86. The van der Waals surface area contributed by atoms with Gasteiger partial charge in [-0.05, 0) is 166 Å². The SMILES string of the molecule is Cc1ccccc1N(c1ccc(-c2ccc(-c3ccccc3)cc2)cc1)c1ccc(-c2ccc(N(c3ccc(-c4ccc(-c5ccccc5)cc4)cc3)c3ccccc3C)c(C)c2)cc1C. The van der Waals surface area contributed by atoms with E-state index in [-0.39, 0.29) is 0 Å². The highest BCUT2D eigenvalue weighted by Crippen LogP contribution is 2.43. The first-order valence-corrected chi connectivity index (χ1v) is 22.8. The van der Waals surface area contributed by atoms with Crippen LogP contribution in [0, 0.1) is 27.7 Å². The summed E-state index contributed by atoms with van der Waals surface area (Å²) in [7, 11) is 0. The molecule has 2 heteroatoms. The summed E-state index contributed by atoms with van der Waals surface area (Å²) in [6.07, 6.45) is 0. The Hall–Kier alpha value is -8.20. The van der Waals surface area contributed by atoms with Crippen LogP contribution in [0.15, 0.2) is 243 Å². The molecule has 10 aromatic rings. The van der Waals surface area contributed by atoms with Crippen molar-refractivity contribution < 1.29 is 0 Å². The molecule has 0 radical (unpaired) electrons. The van der Waals surface area contributed by atoms with Crippen molar-refractivity contribution in [1.82, 2.24) is 0 Å². The van der Waals surface area contributed by atoms with Gasteiger partial charge in [0.2, 0.25) is 0 Å². The van der Waals surface area contributed by atoms with E-state index in [1.165, 1.54) is 89.3 Å². The van der Waals surface area contributed by atoms with E-state index in [0.717, 1.165) is 22.7 Å². The van der Waals surface area contributed by atoms with Crippen LogP contribution in [0.2, 0.25) is 0 Å². The number of benzene rings is 10. The van der Waals surface area contributed by atoms with Gasteiger partial charge in [-0.1, -0.05) is 182 Å². The van der Waals surface area contributed by atoms with Gasteiger partial charge in [-0.25, -0.2) is 0 Å². The van der Waals surface area contributed by atoms with Crippen LogP contribution in [0.3, 0.4) is 0 Å². The summed E-state index contributed by atoms with van der Waals surface area (Å²) in [5, 5.41) is 0. The Morgan fingerprint density at radius 1 is 0.197 bits per heavy atom. The van der Waals surface area contributed by atoms with Crippen LogP contribution in [-0.4, -0.2) is 0 Å². The number of aryl methyl sites for hydroxylation is 4. The monoisotopic (exact) mass is 848 g/mol. The summed E-state index contributed by atoms with van der Waals surface area (Å²) in [5.74, 6) is 0. The molecule has 0 fully saturated rings. The van der Waals surface area contributed by atoms with Crippen molar-refractivity contribution in [3.8, 4) is 55.6 Å². The van der Waals surface area contributed by atoms with E-state index in [1.54, 1.807) is 0 Å². The van der Waals surface area contributed by atoms with E-state index in [4.69, 9.17) is 0 Å². The van der Waals surface area contributed by atoms with Crippen molar-refractivity contribution in [2.45, 2.75) is 27.7 Å². The van der Waals surface area contributed by atoms with Gasteiger partial charge in [0.25, 0.3) is 0 Å². The average molecular weight is 849 g/mol. The molecular weight excluding hydrogens is 797 g/mol. The minimum Gasteiger partial charge on any atom is -0.310 e. The number of anilines is 6. The van der Waals surface area contributed by atoms with Crippen LogP contribution in [0.5, 0.6) is 0 Å². The quantitative estimate of drug-likeness (QED) is 0.128. The van der Waals surface area contributed by atoms with E-state index >= 15 is 0 Å². The van der Waals surface area contributed by atoms with Crippen molar-refractivity contribution in [3.63, 3.8) is 0 Å². The van der Waals surface area contributed by atoms with E-state index in [0.29, 0.717) is 0 Å². The van der Waals surface area contributed by atoms with Crippen LogP contribution >= 0.6 is 0 Å². The molecule has 2 nitrogen and oxygen atoms in total. The maximum atomic E-state index is 2.40. The third-order valence-corrected chi connectivity index (χ3v) is 12.8. The molecule has 10 aromatic carbocycles. The lowest BCUT2D eigenvalue weighted by Gasteiger charge is -2.29. The normalized spacial score (nSPS) is 11.0.